The fourth-order valence-corrected chi connectivity index (χ4v) is 5.35. The van der Waals surface area contributed by atoms with Gasteiger partial charge in [-0.1, -0.05) is 41.9 Å². The van der Waals surface area contributed by atoms with Gasteiger partial charge in [-0.25, -0.2) is 0 Å². The number of nitrogens with two attached hydrogens (primary N) is 1. The molecule has 2 aliphatic rings. The van der Waals surface area contributed by atoms with Crippen molar-refractivity contribution in [3.63, 3.8) is 0 Å². The van der Waals surface area contributed by atoms with Crippen molar-refractivity contribution in [3.8, 4) is 0 Å². The minimum Gasteiger partial charge on any atom is -0.358 e. The first kappa shape index (κ1) is 27.6. The number of nitrogens with zero attached hydrogens (tertiary/aromatic N) is 2. The van der Waals surface area contributed by atoms with Gasteiger partial charge in [0.05, 0.1) is 0 Å². The molecule has 0 aromatic heterocycles. The fraction of sp³-hybridized carbons (Fsp3) is 0.440. The van der Waals surface area contributed by atoms with E-state index in [1.807, 2.05) is 48.5 Å². The number of para-hydroxylation sites is 1. The van der Waals surface area contributed by atoms with Crippen LogP contribution >= 0.6 is 36.4 Å². The molecule has 1 aliphatic heterocycles. The van der Waals surface area contributed by atoms with Gasteiger partial charge in [-0.3, -0.25) is 14.5 Å². The highest BCUT2D eigenvalue weighted by molar-refractivity contribution is 6.30. The van der Waals surface area contributed by atoms with Crippen LogP contribution in [0.5, 0.6) is 0 Å². The zero-order valence-electron chi connectivity index (χ0n) is 18.8. The number of anilines is 1. The molecule has 0 spiro atoms. The first-order chi connectivity index (χ1) is 14.8. The van der Waals surface area contributed by atoms with Crippen LogP contribution in [0.4, 0.5) is 5.69 Å². The van der Waals surface area contributed by atoms with Gasteiger partial charge in [0.1, 0.15) is 6.04 Å². The van der Waals surface area contributed by atoms with Crippen molar-refractivity contribution in [2.45, 2.75) is 49.7 Å². The number of Topliss-reactive ketones (excluding diaryl/α,β-unsaturated/α-hetero) is 1. The van der Waals surface area contributed by atoms with Crippen molar-refractivity contribution in [3.05, 3.63) is 65.2 Å². The molecular weight excluding hydrogens is 481 g/mol. The van der Waals surface area contributed by atoms with E-state index in [1.165, 1.54) is 0 Å². The molecule has 4 rings (SSSR count). The molecule has 0 bridgehead atoms. The first-order valence-electron chi connectivity index (χ1n) is 11.0. The number of hydrogen-bond donors (Lipinski definition) is 1. The standard InChI is InChI=1S/C25H30ClN3O2.2ClH/c1-24(10-12-25(27,13-11-24)19-6-5-7-20(26)16-19)28-14-15-29(21-8-3-2-4-9-21)22(17-28)23(31)18-30;;/h2-9,16,18,22H,10-15,17,27H2,1H3;2*1H. The van der Waals surface area contributed by atoms with E-state index in [1.54, 1.807) is 0 Å². The van der Waals surface area contributed by atoms with E-state index in [9.17, 15) is 9.59 Å². The summed E-state index contributed by atoms with van der Waals surface area (Å²) in [6.45, 7) is 4.39. The maximum atomic E-state index is 12.5. The normalized spacial score (nSPS) is 27.7. The van der Waals surface area contributed by atoms with E-state index in [0.29, 0.717) is 24.4 Å². The number of halogens is 3. The van der Waals surface area contributed by atoms with E-state index < -0.39 is 6.04 Å². The molecular formula is C25H32Cl3N3O2. The largest absolute Gasteiger partial charge is 0.358 e. The third-order valence-electron chi connectivity index (χ3n) is 7.30. The Morgan fingerprint density at radius 3 is 2.30 bits per heavy atom. The number of hydrogen-bond acceptors (Lipinski definition) is 5. The third-order valence-corrected chi connectivity index (χ3v) is 7.53. The maximum Gasteiger partial charge on any atom is 0.218 e. The van der Waals surface area contributed by atoms with E-state index >= 15 is 0 Å². The van der Waals surface area contributed by atoms with Gasteiger partial charge in [0.25, 0.3) is 0 Å². The molecule has 180 valence electrons. The average molecular weight is 513 g/mol. The smallest absolute Gasteiger partial charge is 0.218 e. The van der Waals surface area contributed by atoms with Crippen LogP contribution in [0, 0.1) is 0 Å². The quantitative estimate of drug-likeness (QED) is 0.467. The molecule has 2 fully saturated rings. The van der Waals surface area contributed by atoms with E-state index in [4.69, 9.17) is 17.3 Å². The van der Waals surface area contributed by atoms with Crippen molar-refractivity contribution < 1.29 is 9.59 Å². The van der Waals surface area contributed by atoms with Crippen LogP contribution in [0.2, 0.25) is 5.02 Å². The second kappa shape index (κ2) is 11.2. The molecule has 1 atom stereocenters. The Kier molecular flexibility index (Phi) is 9.37. The minimum atomic E-state index is -0.456. The van der Waals surface area contributed by atoms with Crippen molar-refractivity contribution in [2.24, 2.45) is 5.73 Å². The summed E-state index contributed by atoms with van der Waals surface area (Å²) in [7, 11) is 0. The van der Waals surface area contributed by atoms with Gasteiger partial charge < -0.3 is 10.6 Å². The molecule has 1 saturated carbocycles. The zero-order valence-corrected chi connectivity index (χ0v) is 21.2. The van der Waals surface area contributed by atoms with Gasteiger partial charge >= 0.3 is 0 Å². The van der Waals surface area contributed by atoms with E-state index in [0.717, 1.165) is 43.5 Å². The molecule has 33 heavy (non-hydrogen) atoms. The van der Waals surface area contributed by atoms with Gasteiger partial charge in [0, 0.05) is 41.4 Å². The van der Waals surface area contributed by atoms with Crippen molar-refractivity contribution >= 4 is 54.2 Å². The van der Waals surface area contributed by atoms with Gasteiger partial charge in [-0.2, -0.15) is 0 Å². The summed E-state index contributed by atoms with van der Waals surface area (Å²) in [5.74, 6) is -0.361. The second-order valence-electron chi connectivity index (χ2n) is 9.17. The molecule has 0 radical (unpaired) electrons. The van der Waals surface area contributed by atoms with E-state index in [-0.39, 0.29) is 41.7 Å². The molecule has 5 nitrogen and oxygen atoms in total. The van der Waals surface area contributed by atoms with Crippen LogP contribution in [0.25, 0.3) is 0 Å². The van der Waals surface area contributed by atoms with Crippen LogP contribution in [-0.2, 0) is 15.1 Å². The Labute approximate surface area is 213 Å². The van der Waals surface area contributed by atoms with Crippen LogP contribution in [0.1, 0.15) is 38.2 Å². The average Bonchev–Trinajstić information content (AvgIpc) is 2.81. The van der Waals surface area contributed by atoms with Gasteiger partial charge in [0.2, 0.25) is 5.78 Å². The molecule has 8 heteroatoms. The molecule has 1 unspecified atom stereocenters. The number of piperazine rings is 1. The van der Waals surface area contributed by atoms with Gasteiger partial charge in [-0.05, 0) is 62.4 Å². The summed E-state index contributed by atoms with van der Waals surface area (Å²) in [5.41, 5.74) is 8.45. The Morgan fingerprint density at radius 1 is 1.03 bits per heavy atom. The van der Waals surface area contributed by atoms with Crippen LogP contribution in [0.15, 0.2) is 54.6 Å². The minimum absolute atomic E-state index is 0. The summed E-state index contributed by atoms with van der Waals surface area (Å²) < 4.78 is 0. The summed E-state index contributed by atoms with van der Waals surface area (Å²) in [6, 6.07) is 17.3. The van der Waals surface area contributed by atoms with Gasteiger partial charge in [0.15, 0.2) is 6.29 Å². The summed E-state index contributed by atoms with van der Waals surface area (Å²) in [6.07, 6.45) is 4.05. The third kappa shape index (κ3) is 5.72. The van der Waals surface area contributed by atoms with Gasteiger partial charge in [-0.15, -0.1) is 24.8 Å². The lowest BCUT2D eigenvalue weighted by Crippen LogP contribution is -2.64. The highest BCUT2D eigenvalue weighted by atomic mass is 35.5. The molecule has 0 amide bonds. The number of aldehydes is 1. The zero-order chi connectivity index (χ0) is 22.1. The van der Waals surface area contributed by atoms with Crippen LogP contribution < -0.4 is 10.6 Å². The Balaban J connectivity index is 0.00000193. The molecule has 2 N–H and O–H groups in total. The number of ketones is 1. The highest BCUT2D eigenvalue weighted by Crippen LogP contribution is 2.43. The lowest BCUT2D eigenvalue weighted by Gasteiger charge is -2.53. The second-order valence-corrected chi connectivity index (χ2v) is 9.61. The van der Waals surface area contributed by atoms with Crippen LogP contribution in [0.3, 0.4) is 0 Å². The van der Waals surface area contributed by atoms with Crippen LogP contribution in [-0.4, -0.2) is 48.2 Å². The SMILES string of the molecule is CC1(N2CCN(c3ccccc3)C(C(=O)C=O)C2)CCC(N)(c2cccc(Cl)c2)CC1.Cl.Cl. The number of carbonyl (C=O) groups is 2. The summed E-state index contributed by atoms with van der Waals surface area (Å²) >= 11 is 6.20. The Hall–Kier alpha value is -1.63. The Morgan fingerprint density at radius 2 is 1.70 bits per heavy atom. The number of carbonyl (C=O) groups excluding carboxylic acids is 2. The lowest BCUT2D eigenvalue weighted by atomic mass is 9.69. The van der Waals surface area contributed by atoms with E-state index in [2.05, 4.69) is 22.8 Å². The molecule has 1 saturated heterocycles. The van der Waals surface area contributed by atoms with Crippen molar-refractivity contribution in [2.75, 3.05) is 24.5 Å². The summed E-state index contributed by atoms with van der Waals surface area (Å²) in [5, 5.41) is 0.711. The predicted molar refractivity (Wildman–Crippen MR) is 139 cm³/mol. The number of benzene rings is 2. The lowest BCUT2D eigenvalue weighted by molar-refractivity contribution is -0.131. The molecule has 2 aromatic carbocycles. The highest BCUT2D eigenvalue weighted by Gasteiger charge is 2.45. The van der Waals surface area contributed by atoms with Crippen molar-refractivity contribution in [1.29, 1.82) is 0 Å². The molecule has 2 aromatic rings. The maximum absolute atomic E-state index is 12.5. The monoisotopic (exact) mass is 511 g/mol. The van der Waals surface area contributed by atoms with Crippen molar-refractivity contribution in [1.82, 2.24) is 4.90 Å². The Bertz CT molecular complexity index is 949. The fourth-order valence-electron chi connectivity index (χ4n) is 5.16. The number of rotatable bonds is 5. The summed E-state index contributed by atoms with van der Waals surface area (Å²) in [4.78, 5) is 28.4. The molecule has 1 aliphatic carbocycles. The first-order valence-corrected chi connectivity index (χ1v) is 11.3. The topological polar surface area (TPSA) is 66.6 Å². The predicted octanol–water partition coefficient (Wildman–Crippen LogP) is 4.63. The molecule has 1 heterocycles.